The fraction of sp³-hybridized carbons (Fsp3) is 0.394. The van der Waals surface area contributed by atoms with Gasteiger partial charge in [-0.05, 0) is 73.2 Å². The third-order valence-corrected chi connectivity index (χ3v) is 6.76. The summed E-state index contributed by atoms with van der Waals surface area (Å²) in [7, 11) is 0. The van der Waals surface area contributed by atoms with Crippen LogP contribution in [-0.2, 0) is 17.8 Å². The van der Waals surface area contributed by atoms with E-state index in [4.69, 9.17) is 4.74 Å². The number of ether oxygens (including phenoxy) is 1. The highest BCUT2D eigenvalue weighted by molar-refractivity contribution is 6.00. The first-order chi connectivity index (χ1) is 20.1. The molecule has 0 fully saturated rings. The van der Waals surface area contributed by atoms with Gasteiger partial charge in [0.2, 0.25) is 0 Å². The van der Waals surface area contributed by atoms with Crippen LogP contribution in [0.25, 0.3) is 0 Å². The average Bonchev–Trinajstić information content (AvgIpc) is 2.95. The molecule has 7 nitrogen and oxygen atoms in total. The van der Waals surface area contributed by atoms with E-state index in [-0.39, 0.29) is 36.7 Å². The number of hydrogen-bond donors (Lipinski definition) is 3. The first-order valence-corrected chi connectivity index (χ1v) is 14.3. The van der Waals surface area contributed by atoms with E-state index in [1.807, 2.05) is 44.2 Å². The number of aryl methyl sites for hydroxylation is 1. The lowest BCUT2D eigenvalue weighted by Gasteiger charge is -2.28. The molecule has 9 heteroatoms. The van der Waals surface area contributed by atoms with Crippen molar-refractivity contribution in [2.45, 2.75) is 64.9 Å². The highest BCUT2D eigenvalue weighted by Gasteiger charge is 2.29. The first kappa shape index (κ1) is 32.8. The summed E-state index contributed by atoms with van der Waals surface area (Å²) in [5.74, 6) is -2.40. The van der Waals surface area contributed by atoms with Gasteiger partial charge in [-0.15, -0.1) is 0 Å². The van der Waals surface area contributed by atoms with E-state index in [2.05, 4.69) is 5.32 Å². The molecular weight excluding hydrogens is 542 g/mol. The quantitative estimate of drug-likeness (QED) is 0.239. The third-order valence-electron chi connectivity index (χ3n) is 6.76. The molecule has 0 aromatic heterocycles. The third kappa shape index (κ3) is 9.72. The predicted molar refractivity (Wildman–Crippen MR) is 157 cm³/mol. The minimum absolute atomic E-state index is 0.171. The molecule has 0 saturated heterocycles. The molecule has 0 aliphatic rings. The van der Waals surface area contributed by atoms with Crippen molar-refractivity contribution in [3.63, 3.8) is 0 Å². The van der Waals surface area contributed by atoms with Gasteiger partial charge in [-0.3, -0.25) is 9.59 Å². The number of halogens is 2. The van der Waals surface area contributed by atoms with Crippen LogP contribution in [0, 0.1) is 18.6 Å². The zero-order valence-electron chi connectivity index (χ0n) is 24.4. The normalized spacial score (nSPS) is 13.3. The van der Waals surface area contributed by atoms with Crippen molar-refractivity contribution in [2.75, 3.05) is 19.7 Å². The second kappa shape index (κ2) is 16.1. The SMILES string of the molecule is CCCN(CCC)C(=O)c1cc(C)cc(C(=O)NC(Cc2cc(F)cc(F)c2)[C@@H](O)[C@@H](O)COCc2ccccc2)c1. The molecule has 3 aromatic rings. The zero-order chi connectivity index (χ0) is 30.6. The van der Waals surface area contributed by atoms with Crippen molar-refractivity contribution in [2.24, 2.45) is 0 Å². The molecule has 2 amide bonds. The number of benzene rings is 3. The molecule has 0 saturated carbocycles. The Labute approximate surface area is 246 Å². The monoisotopic (exact) mass is 582 g/mol. The molecule has 3 atom stereocenters. The van der Waals surface area contributed by atoms with Crippen LogP contribution in [0.15, 0.2) is 66.7 Å². The molecule has 42 heavy (non-hydrogen) atoms. The van der Waals surface area contributed by atoms with Gasteiger partial charge in [0.15, 0.2) is 0 Å². The fourth-order valence-electron chi connectivity index (χ4n) is 4.81. The van der Waals surface area contributed by atoms with E-state index in [0.29, 0.717) is 24.2 Å². The number of hydrogen-bond acceptors (Lipinski definition) is 5. The number of aliphatic hydroxyl groups is 2. The Hall–Kier alpha value is -3.66. The molecule has 3 rings (SSSR count). The first-order valence-electron chi connectivity index (χ1n) is 14.3. The lowest BCUT2D eigenvalue weighted by atomic mass is 9.96. The summed E-state index contributed by atoms with van der Waals surface area (Å²) in [4.78, 5) is 28.4. The Morgan fingerprint density at radius 1 is 0.881 bits per heavy atom. The number of carbonyl (C=O) groups is 2. The highest BCUT2D eigenvalue weighted by atomic mass is 19.1. The Balaban J connectivity index is 1.81. The van der Waals surface area contributed by atoms with Crippen molar-refractivity contribution in [1.82, 2.24) is 10.2 Å². The molecule has 0 spiro atoms. The molecule has 226 valence electrons. The van der Waals surface area contributed by atoms with Gasteiger partial charge in [0.1, 0.15) is 23.8 Å². The molecule has 0 heterocycles. The van der Waals surface area contributed by atoms with Crippen LogP contribution in [0.4, 0.5) is 8.78 Å². The highest BCUT2D eigenvalue weighted by Crippen LogP contribution is 2.17. The van der Waals surface area contributed by atoms with Gasteiger partial charge in [-0.1, -0.05) is 44.2 Å². The summed E-state index contributed by atoms with van der Waals surface area (Å²) in [5.41, 5.74) is 2.30. The number of carbonyl (C=O) groups excluding carboxylic acids is 2. The topological polar surface area (TPSA) is 99.1 Å². The molecule has 0 radical (unpaired) electrons. The predicted octanol–water partition coefficient (Wildman–Crippen LogP) is 4.82. The average molecular weight is 583 g/mol. The van der Waals surface area contributed by atoms with Crippen molar-refractivity contribution in [3.8, 4) is 0 Å². The summed E-state index contributed by atoms with van der Waals surface area (Å²) < 4.78 is 33.4. The fourth-order valence-corrected chi connectivity index (χ4v) is 4.81. The van der Waals surface area contributed by atoms with Crippen molar-refractivity contribution >= 4 is 11.8 Å². The number of nitrogens with zero attached hydrogens (tertiary/aromatic N) is 1. The van der Waals surface area contributed by atoms with Gasteiger partial charge in [0.05, 0.1) is 19.3 Å². The number of aliphatic hydroxyl groups excluding tert-OH is 2. The lowest BCUT2D eigenvalue weighted by molar-refractivity contribution is -0.0543. The minimum atomic E-state index is -1.54. The summed E-state index contributed by atoms with van der Waals surface area (Å²) in [5, 5.41) is 24.5. The van der Waals surface area contributed by atoms with Gasteiger partial charge < -0.3 is 25.2 Å². The van der Waals surface area contributed by atoms with Crippen LogP contribution in [0.2, 0.25) is 0 Å². The van der Waals surface area contributed by atoms with Crippen LogP contribution in [0.3, 0.4) is 0 Å². The summed E-state index contributed by atoms with van der Waals surface area (Å²) >= 11 is 0. The van der Waals surface area contributed by atoms with Crippen LogP contribution in [-0.4, -0.2) is 64.9 Å². The van der Waals surface area contributed by atoms with Gasteiger partial charge in [0, 0.05) is 30.3 Å². The number of rotatable bonds is 15. The largest absolute Gasteiger partial charge is 0.388 e. The summed E-state index contributed by atoms with van der Waals surface area (Å²) in [6, 6.07) is 15.9. The van der Waals surface area contributed by atoms with Crippen LogP contribution in [0.1, 0.15) is 64.1 Å². The maximum Gasteiger partial charge on any atom is 0.253 e. The van der Waals surface area contributed by atoms with Gasteiger partial charge >= 0.3 is 0 Å². The van der Waals surface area contributed by atoms with Gasteiger partial charge in [-0.2, -0.15) is 0 Å². The van der Waals surface area contributed by atoms with E-state index >= 15 is 0 Å². The van der Waals surface area contributed by atoms with Gasteiger partial charge in [0.25, 0.3) is 11.8 Å². The molecule has 0 aliphatic heterocycles. The van der Waals surface area contributed by atoms with Crippen molar-refractivity contribution in [1.29, 1.82) is 0 Å². The van der Waals surface area contributed by atoms with Gasteiger partial charge in [-0.25, -0.2) is 8.78 Å². The van der Waals surface area contributed by atoms with Crippen LogP contribution < -0.4 is 5.32 Å². The van der Waals surface area contributed by atoms with Crippen molar-refractivity contribution < 1.29 is 33.3 Å². The van der Waals surface area contributed by atoms with E-state index in [1.165, 1.54) is 6.07 Å². The minimum Gasteiger partial charge on any atom is -0.388 e. The van der Waals surface area contributed by atoms with Crippen LogP contribution in [0.5, 0.6) is 0 Å². The van der Waals surface area contributed by atoms with Crippen molar-refractivity contribution in [3.05, 3.63) is 106 Å². The molecule has 1 unspecified atom stereocenters. The second-order valence-corrected chi connectivity index (χ2v) is 10.5. The summed E-state index contributed by atoms with van der Waals surface area (Å²) in [6.45, 7) is 6.88. The Bertz CT molecular complexity index is 1290. The summed E-state index contributed by atoms with van der Waals surface area (Å²) in [6.07, 6.45) is -1.53. The zero-order valence-corrected chi connectivity index (χ0v) is 24.4. The van der Waals surface area contributed by atoms with Crippen LogP contribution >= 0.6 is 0 Å². The van der Waals surface area contributed by atoms with E-state index < -0.39 is 35.8 Å². The maximum absolute atomic E-state index is 13.9. The van der Waals surface area contributed by atoms with E-state index in [0.717, 1.165) is 36.6 Å². The molecular formula is C33H40F2N2O5. The van der Waals surface area contributed by atoms with E-state index in [1.54, 1.807) is 24.0 Å². The molecule has 0 bridgehead atoms. The Kier molecular flexibility index (Phi) is 12.6. The van der Waals surface area contributed by atoms with E-state index in [9.17, 15) is 28.6 Å². The molecule has 0 aliphatic carbocycles. The smallest absolute Gasteiger partial charge is 0.253 e. The maximum atomic E-state index is 13.9. The lowest BCUT2D eigenvalue weighted by Crippen LogP contribution is -2.51. The number of nitrogens with one attached hydrogen (secondary N) is 1. The molecule has 3 N–H and O–H groups in total. The second-order valence-electron chi connectivity index (χ2n) is 10.5. The standard InChI is InChI=1S/C33H40F2N2O5/c1-4-11-37(12-5-2)33(41)26-14-22(3)13-25(18-26)32(40)36-29(17-24-15-27(34)19-28(35)16-24)31(39)30(38)21-42-20-23-9-7-6-8-10-23/h6-10,13-16,18-19,29-31,38-39H,4-5,11-12,17,20-21H2,1-3H3,(H,36,40)/t29?,30-,31+/m0/s1. The Morgan fingerprint density at radius 3 is 2.12 bits per heavy atom. The number of amides is 2. The Morgan fingerprint density at radius 2 is 1.50 bits per heavy atom. The molecule has 3 aromatic carbocycles.